The highest BCUT2D eigenvalue weighted by Gasteiger charge is 2.53. The SMILES string of the molecule is CC[C@@](OC(=O)[C@H]1Cc2ccccc2CN1S(=O)(=O)c1ccc(-c2ccccc2)cc1)(C(=O)O)c1cc2n(c(=O)c1CNC(C)=O)CCC21CC(C)(C)COO1. The number of pyridine rings is 1. The van der Waals surface area contributed by atoms with Crippen molar-refractivity contribution < 1.29 is 42.4 Å². The summed E-state index contributed by atoms with van der Waals surface area (Å²) in [6.07, 6.45) is 0.388. The lowest BCUT2D eigenvalue weighted by molar-refractivity contribution is -0.410. The van der Waals surface area contributed by atoms with Gasteiger partial charge in [0.15, 0.2) is 0 Å². The van der Waals surface area contributed by atoms with Crippen molar-refractivity contribution in [3.8, 4) is 11.1 Å². The van der Waals surface area contributed by atoms with Crippen LogP contribution < -0.4 is 10.9 Å². The molecule has 3 aromatic carbocycles. The Labute approximate surface area is 325 Å². The molecule has 0 saturated carbocycles. The van der Waals surface area contributed by atoms with Crippen molar-refractivity contribution in [1.82, 2.24) is 14.2 Å². The van der Waals surface area contributed by atoms with Crippen molar-refractivity contribution in [2.24, 2.45) is 5.41 Å². The molecular formula is C42H45N3O10S. The lowest BCUT2D eigenvalue weighted by Crippen LogP contribution is -2.53. The number of fused-ring (bicyclic) bond motifs is 3. The number of rotatable bonds is 10. The molecule has 4 heterocycles. The Hall–Kier alpha value is -5.15. The van der Waals surface area contributed by atoms with Gasteiger partial charge in [0.2, 0.25) is 21.5 Å². The fourth-order valence-corrected chi connectivity index (χ4v) is 9.83. The predicted octanol–water partition coefficient (Wildman–Crippen LogP) is 5.18. The van der Waals surface area contributed by atoms with Crippen LogP contribution in [0.2, 0.25) is 0 Å². The quantitative estimate of drug-likeness (QED) is 0.162. The van der Waals surface area contributed by atoms with Crippen LogP contribution in [0.4, 0.5) is 0 Å². The Morgan fingerprint density at radius 3 is 2.29 bits per heavy atom. The van der Waals surface area contributed by atoms with E-state index in [1.807, 2.05) is 44.2 Å². The summed E-state index contributed by atoms with van der Waals surface area (Å²) in [6, 6.07) is 23.0. The Kier molecular flexibility index (Phi) is 10.3. The van der Waals surface area contributed by atoms with Gasteiger partial charge in [0, 0.05) is 50.5 Å². The van der Waals surface area contributed by atoms with E-state index >= 15 is 0 Å². The van der Waals surface area contributed by atoms with Crippen LogP contribution >= 0.6 is 0 Å². The summed E-state index contributed by atoms with van der Waals surface area (Å²) in [6.45, 7) is 6.80. The number of sulfonamides is 1. The minimum absolute atomic E-state index is 0.0542. The Morgan fingerprint density at radius 1 is 0.982 bits per heavy atom. The number of aromatic nitrogens is 1. The fourth-order valence-electron chi connectivity index (χ4n) is 8.28. The molecule has 7 rings (SSSR count). The number of hydrogen-bond acceptors (Lipinski definition) is 9. The summed E-state index contributed by atoms with van der Waals surface area (Å²) in [5, 5.41) is 13.7. The summed E-state index contributed by atoms with van der Waals surface area (Å²) in [7, 11) is -4.36. The maximum Gasteiger partial charge on any atom is 0.352 e. The maximum absolute atomic E-state index is 14.7. The van der Waals surface area contributed by atoms with Gasteiger partial charge in [-0.25, -0.2) is 23.0 Å². The molecule has 294 valence electrons. The molecule has 3 aliphatic rings. The fraction of sp³-hybridized carbons (Fsp3) is 0.381. The van der Waals surface area contributed by atoms with Gasteiger partial charge in [-0.05, 0) is 58.7 Å². The molecule has 1 amide bonds. The third kappa shape index (κ3) is 6.95. The molecular weight excluding hydrogens is 739 g/mol. The molecule has 3 atom stereocenters. The lowest BCUT2D eigenvalue weighted by Gasteiger charge is -2.41. The highest BCUT2D eigenvalue weighted by Crippen LogP contribution is 2.49. The first-order valence-corrected chi connectivity index (χ1v) is 20.1. The molecule has 1 fully saturated rings. The molecule has 0 aliphatic carbocycles. The smallest absolute Gasteiger partial charge is 0.352 e. The zero-order valence-electron chi connectivity index (χ0n) is 31.7. The Bertz CT molecular complexity index is 2360. The number of esters is 1. The number of nitrogens with zero attached hydrogens (tertiary/aromatic N) is 2. The van der Waals surface area contributed by atoms with Gasteiger partial charge in [-0.2, -0.15) is 4.31 Å². The number of carboxylic acids is 1. The van der Waals surface area contributed by atoms with Gasteiger partial charge in [-0.15, -0.1) is 0 Å². The molecule has 1 saturated heterocycles. The van der Waals surface area contributed by atoms with Crippen LogP contribution in [0, 0.1) is 5.41 Å². The molecule has 1 unspecified atom stereocenters. The van der Waals surface area contributed by atoms with Gasteiger partial charge < -0.3 is 19.7 Å². The molecule has 13 nitrogen and oxygen atoms in total. The molecule has 56 heavy (non-hydrogen) atoms. The molecule has 1 spiro atoms. The number of carbonyl (C=O) groups excluding carboxylic acids is 2. The monoisotopic (exact) mass is 783 g/mol. The first-order chi connectivity index (χ1) is 26.6. The maximum atomic E-state index is 14.7. The van der Waals surface area contributed by atoms with Crippen LogP contribution in [0.25, 0.3) is 11.1 Å². The zero-order chi connectivity index (χ0) is 40.0. The average molecular weight is 784 g/mol. The van der Waals surface area contributed by atoms with E-state index in [1.165, 1.54) is 36.6 Å². The third-order valence-corrected chi connectivity index (χ3v) is 13.0. The number of amides is 1. The Balaban J connectivity index is 1.32. The van der Waals surface area contributed by atoms with Crippen molar-refractivity contribution in [2.75, 3.05) is 6.61 Å². The van der Waals surface area contributed by atoms with Gasteiger partial charge in [0.05, 0.1) is 17.2 Å². The number of aliphatic carboxylic acids is 1. The van der Waals surface area contributed by atoms with Crippen molar-refractivity contribution in [3.63, 3.8) is 0 Å². The molecule has 3 aliphatic heterocycles. The number of nitrogens with one attached hydrogen (secondary N) is 1. The van der Waals surface area contributed by atoms with Crippen molar-refractivity contribution in [1.29, 1.82) is 0 Å². The first-order valence-electron chi connectivity index (χ1n) is 18.6. The van der Waals surface area contributed by atoms with Crippen LogP contribution in [0.15, 0.2) is 94.6 Å². The standard InChI is InChI=1S/C42H45N3O10S/c1-5-42(39(49)50,34-22-36-41(25-40(3,4)26-53-55-41)19-20-44(36)37(47)33(34)23-43-27(2)46)54-38(48)35-21-30-13-9-10-14-31(30)24-45(35)56(51,52)32-17-15-29(16-18-32)28-11-7-6-8-12-28/h6-18,22,35H,5,19-21,23-26H2,1-4H3,(H,43,46)(H,49,50)/t35-,41?,42+/m1/s1. The Morgan fingerprint density at radius 2 is 1.64 bits per heavy atom. The number of carboxylic acid groups (broad SMARTS) is 1. The van der Waals surface area contributed by atoms with E-state index in [9.17, 15) is 32.7 Å². The topological polar surface area (TPSA) is 171 Å². The third-order valence-electron chi connectivity index (χ3n) is 11.2. The molecule has 4 aromatic rings. The van der Waals surface area contributed by atoms with E-state index in [0.717, 1.165) is 15.4 Å². The summed E-state index contributed by atoms with van der Waals surface area (Å²) in [5.41, 5.74) is -1.25. The van der Waals surface area contributed by atoms with Crippen LogP contribution in [-0.2, 0) is 76.2 Å². The summed E-state index contributed by atoms with van der Waals surface area (Å²) < 4.78 is 37.7. The van der Waals surface area contributed by atoms with Crippen LogP contribution in [0.1, 0.15) is 74.9 Å². The molecule has 2 N–H and O–H groups in total. The van der Waals surface area contributed by atoms with E-state index in [-0.39, 0.29) is 53.9 Å². The number of carbonyl (C=O) groups is 3. The van der Waals surface area contributed by atoms with E-state index in [0.29, 0.717) is 36.3 Å². The second-order valence-electron chi connectivity index (χ2n) is 15.6. The summed E-state index contributed by atoms with van der Waals surface area (Å²) in [5.74, 6) is -3.14. The first kappa shape index (κ1) is 39.1. The van der Waals surface area contributed by atoms with Gasteiger partial charge in [0.25, 0.3) is 5.56 Å². The summed E-state index contributed by atoms with van der Waals surface area (Å²) in [4.78, 5) is 66.2. The second-order valence-corrected chi connectivity index (χ2v) is 17.4. The number of hydrogen-bond donors (Lipinski definition) is 2. The lowest BCUT2D eigenvalue weighted by atomic mass is 9.77. The largest absolute Gasteiger partial charge is 0.478 e. The molecule has 0 bridgehead atoms. The normalized spacial score (nSPS) is 21.4. The zero-order valence-corrected chi connectivity index (χ0v) is 32.6. The van der Waals surface area contributed by atoms with E-state index < -0.39 is 50.7 Å². The van der Waals surface area contributed by atoms with E-state index in [2.05, 4.69) is 5.32 Å². The van der Waals surface area contributed by atoms with Gasteiger partial charge in [-0.1, -0.05) is 87.5 Å². The minimum Gasteiger partial charge on any atom is -0.478 e. The molecule has 0 radical (unpaired) electrons. The van der Waals surface area contributed by atoms with Gasteiger partial charge in [-0.3, -0.25) is 14.4 Å². The number of benzene rings is 3. The van der Waals surface area contributed by atoms with Crippen LogP contribution in [0.3, 0.4) is 0 Å². The number of ether oxygens (including phenoxy) is 1. The van der Waals surface area contributed by atoms with Crippen molar-refractivity contribution >= 4 is 27.9 Å². The van der Waals surface area contributed by atoms with Crippen LogP contribution in [-0.4, -0.2) is 52.9 Å². The highest BCUT2D eigenvalue weighted by molar-refractivity contribution is 7.89. The van der Waals surface area contributed by atoms with Crippen LogP contribution in [0.5, 0.6) is 0 Å². The van der Waals surface area contributed by atoms with E-state index in [1.54, 1.807) is 36.4 Å². The second kappa shape index (κ2) is 14.7. The highest BCUT2D eigenvalue weighted by atomic mass is 32.2. The van der Waals surface area contributed by atoms with Crippen molar-refractivity contribution in [3.05, 3.63) is 123 Å². The molecule has 14 heteroatoms. The average Bonchev–Trinajstić information content (AvgIpc) is 3.52. The predicted molar refractivity (Wildman–Crippen MR) is 204 cm³/mol. The summed E-state index contributed by atoms with van der Waals surface area (Å²) >= 11 is 0. The van der Waals surface area contributed by atoms with Crippen molar-refractivity contribution in [2.45, 2.75) is 95.2 Å². The van der Waals surface area contributed by atoms with Gasteiger partial charge >= 0.3 is 11.9 Å². The van der Waals surface area contributed by atoms with E-state index in [4.69, 9.17) is 14.5 Å². The minimum atomic E-state index is -4.36. The van der Waals surface area contributed by atoms with Gasteiger partial charge in [0.1, 0.15) is 11.6 Å². The molecule has 1 aromatic heterocycles.